The fourth-order valence-corrected chi connectivity index (χ4v) is 3.94. The second-order valence-electron chi connectivity index (χ2n) is 5.97. The summed E-state index contributed by atoms with van der Waals surface area (Å²) in [5.41, 5.74) is 0.246. The van der Waals surface area contributed by atoms with E-state index in [1.165, 1.54) is 21.3 Å². The minimum Gasteiger partial charge on any atom is -0.482 e. The van der Waals surface area contributed by atoms with E-state index in [1.807, 2.05) is 0 Å². The molecule has 8 nitrogen and oxygen atoms in total. The first-order valence-electron chi connectivity index (χ1n) is 7.95. The molecule has 4 rings (SSSR count). The number of carbonyl (C=O) groups excluding carboxylic acids is 3. The Morgan fingerprint density at radius 2 is 1.84 bits per heavy atom. The molecule has 0 amide bonds. The van der Waals surface area contributed by atoms with E-state index in [1.54, 1.807) is 19.1 Å². The Morgan fingerprint density at radius 1 is 1.16 bits per heavy atom. The molecule has 0 aromatic carbocycles. The second-order valence-corrected chi connectivity index (χ2v) is 5.97. The Bertz CT molecular complexity index is 672. The molecule has 0 saturated heterocycles. The number of hydrogen-bond acceptors (Lipinski definition) is 8. The van der Waals surface area contributed by atoms with Crippen LogP contribution in [0, 0.1) is 17.8 Å². The summed E-state index contributed by atoms with van der Waals surface area (Å²) in [6.07, 6.45) is 2.48. The molecule has 4 atom stereocenters. The van der Waals surface area contributed by atoms with Crippen molar-refractivity contribution >= 4 is 17.7 Å². The summed E-state index contributed by atoms with van der Waals surface area (Å²) in [6, 6.07) is 0. The highest BCUT2D eigenvalue weighted by Crippen LogP contribution is 2.54. The van der Waals surface area contributed by atoms with Crippen molar-refractivity contribution in [1.82, 2.24) is 0 Å². The first-order chi connectivity index (χ1) is 11.9. The molecule has 136 valence electrons. The monoisotopic (exact) mass is 352 g/mol. The van der Waals surface area contributed by atoms with E-state index < -0.39 is 41.6 Å². The van der Waals surface area contributed by atoms with Crippen molar-refractivity contribution in [1.29, 1.82) is 0 Å². The minimum atomic E-state index is -1.66. The summed E-state index contributed by atoms with van der Waals surface area (Å²) in [5, 5.41) is 0. The van der Waals surface area contributed by atoms with Crippen molar-refractivity contribution in [3.05, 3.63) is 23.5 Å². The maximum atomic E-state index is 12.9. The Labute approximate surface area is 144 Å². The first-order valence-corrected chi connectivity index (χ1v) is 7.95. The van der Waals surface area contributed by atoms with Crippen LogP contribution >= 0.6 is 0 Å². The van der Waals surface area contributed by atoms with E-state index >= 15 is 0 Å². The highest BCUT2D eigenvalue weighted by Gasteiger charge is 2.67. The molecule has 0 spiro atoms. The number of carbonyl (C=O) groups is 3. The van der Waals surface area contributed by atoms with Gasteiger partial charge in [0, 0.05) is 25.7 Å². The number of methoxy groups -OCH3 is 3. The first kappa shape index (κ1) is 17.6. The van der Waals surface area contributed by atoms with Crippen molar-refractivity contribution in [2.75, 3.05) is 27.9 Å². The fourth-order valence-electron chi connectivity index (χ4n) is 3.94. The third-order valence-corrected chi connectivity index (χ3v) is 4.98. The van der Waals surface area contributed by atoms with Crippen LogP contribution in [-0.4, -0.2) is 57.5 Å². The number of hydrogen-bond donors (Lipinski definition) is 0. The van der Waals surface area contributed by atoms with E-state index in [0.717, 1.165) is 0 Å². The zero-order valence-electron chi connectivity index (χ0n) is 14.4. The summed E-state index contributed by atoms with van der Waals surface area (Å²) in [4.78, 5) is 37.1. The van der Waals surface area contributed by atoms with Gasteiger partial charge in [-0.1, -0.05) is 6.08 Å². The smallest absolute Gasteiger partial charge is 0.373 e. The van der Waals surface area contributed by atoms with Gasteiger partial charge in [-0.05, 0) is 13.0 Å². The zero-order chi connectivity index (χ0) is 18.4. The highest BCUT2D eigenvalue weighted by atomic mass is 16.7. The van der Waals surface area contributed by atoms with Crippen LogP contribution in [0.2, 0.25) is 0 Å². The SMILES string of the molecule is CCOC(=O)C1=C[C@@H]2[C@H](O1)[C@@H]1C(C(=O)OC)=C[C@H]2C(=O)C1(OC)OC. The maximum absolute atomic E-state index is 12.9. The molecule has 1 heterocycles. The third kappa shape index (κ3) is 2.31. The van der Waals surface area contributed by atoms with Gasteiger partial charge in [-0.2, -0.15) is 0 Å². The molecule has 1 fully saturated rings. The topological polar surface area (TPSA) is 97.4 Å². The predicted octanol–water partition coefficient (Wildman–Crippen LogP) is 0.366. The number of ether oxygens (including phenoxy) is 5. The normalized spacial score (nSPS) is 31.6. The van der Waals surface area contributed by atoms with Gasteiger partial charge in [0.25, 0.3) is 0 Å². The molecule has 4 aliphatic rings. The summed E-state index contributed by atoms with van der Waals surface area (Å²) < 4.78 is 26.4. The van der Waals surface area contributed by atoms with Crippen LogP contribution < -0.4 is 0 Å². The molecule has 0 radical (unpaired) electrons. The number of allylic oxidation sites excluding steroid dienone is 1. The van der Waals surface area contributed by atoms with Crippen LogP contribution in [0.1, 0.15) is 6.92 Å². The molecule has 0 aromatic rings. The highest BCUT2D eigenvalue weighted by molar-refractivity contribution is 6.01. The van der Waals surface area contributed by atoms with E-state index in [4.69, 9.17) is 23.7 Å². The standard InChI is InChI=1S/C17H20O8/c1-5-24-16(20)11-7-8-9-6-10(15(19)21-2)12(13(8)25-11)17(22-3,23-4)14(9)18/h6-9,12-13H,5H2,1-4H3/t8-,9+,12-,13-/m0/s1. The lowest BCUT2D eigenvalue weighted by atomic mass is 9.60. The molecule has 8 heteroatoms. The van der Waals surface area contributed by atoms with Gasteiger partial charge in [-0.25, -0.2) is 9.59 Å². The van der Waals surface area contributed by atoms with Crippen molar-refractivity contribution < 1.29 is 38.1 Å². The second kappa shape index (κ2) is 6.27. The van der Waals surface area contributed by atoms with Crippen molar-refractivity contribution in [2.24, 2.45) is 17.8 Å². The molecule has 25 heavy (non-hydrogen) atoms. The lowest BCUT2D eigenvalue weighted by Gasteiger charge is -2.51. The van der Waals surface area contributed by atoms with E-state index in [9.17, 15) is 14.4 Å². The Balaban J connectivity index is 2.05. The van der Waals surface area contributed by atoms with Gasteiger partial charge in [-0.3, -0.25) is 4.79 Å². The summed E-state index contributed by atoms with van der Waals surface area (Å²) >= 11 is 0. The van der Waals surface area contributed by atoms with Crippen molar-refractivity contribution in [3.63, 3.8) is 0 Å². The van der Waals surface area contributed by atoms with Gasteiger partial charge < -0.3 is 23.7 Å². The molecule has 1 aliphatic heterocycles. The number of fused-ring (bicyclic) bond motifs is 1. The third-order valence-electron chi connectivity index (χ3n) is 4.98. The van der Waals surface area contributed by atoms with E-state index in [2.05, 4.69) is 0 Å². The number of Topliss-reactive ketones (excluding diaryl/α,β-unsaturated/α-hetero) is 1. The van der Waals surface area contributed by atoms with Crippen LogP contribution in [0.5, 0.6) is 0 Å². The Morgan fingerprint density at radius 3 is 2.40 bits per heavy atom. The number of esters is 2. The van der Waals surface area contributed by atoms with Crippen LogP contribution in [-0.2, 0) is 38.1 Å². The van der Waals surface area contributed by atoms with Crippen LogP contribution in [0.4, 0.5) is 0 Å². The Hall–Kier alpha value is -2.19. The summed E-state index contributed by atoms with van der Waals surface area (Å²) in [7, 11) is 3.92. The maximum Gasteiger partial charge on any atom is 0.373 e. The average Bonchev–Trinajstić information content (AvgIpc) is 3.08. The molecule has 3 aliphatic carbocycles. The molecule has 2 bridgehead atoms. The van der Waals surface area contributed by atoms with Gasteiger partial charge >= 0.3 is 11.9 Å². The lowest BCUT2D eigenvalue weighted by molar-refractivity contribution is -0.256. The van der Waals surface area contributed by atoms with Crippen molar-refractivity contribution in [2.45, 2.75) is 18.8 Å². The molecule has 0 N–H and O–H groups in total. The number of rotatable bonds is 5. The lowest BCUT2D eigenvalue weighted by Crippen LogP contribution is -2.66. The molecule has 1 saturated carbocycles. The predicted molar refractivity (Wildman–Crippen MR) is 81.9 cm³/mol. The molecular weight excluding hydrogens is 332 g/mol. The van der Waals surface area contributed by atoms with Gasteiger partial charge in [0.15, 0.2) is 5.78 Å². The molecule has 0 aromatic heterocycles. The van der Waals surface area contributed by atoms with Gasteiger partial charge in [0.2, 0.25) is 11.5 Å². The van der Waals surface area contributed by atoms with Crippen LogP contribution in [0.25, 0.3) is 0 Å². The zero-order valence-corrected chi connectivity index (χ0v) is 14.4. The van der Waals surface area contributed by atoms with Crippen LogP contribution in [0.3, 0.4) is 0 Å². The van der Waals surface area contributed by atoms with Gasteiger partial charge in [0.1, 0.15) is 6.10 Å². The number of ketones is 1. The van der Waals surface area contributed by atoms with Gasteiger partial charge in [0.05, 0.1) is 25.6 Å². The molecular formula is C17H20O8. The summed E-state index contributed by atoms with van der Waals surface area (Å²) in [5.74, 6) is -5.14. The van der Waals surface area contributed by atoms with Crippen LogP contribution in [0.15, 0.2) is 23.5 Å². The van der Waals surface area contributed by atoms with E-state index in [0.29, 0.717) is 0 Å². The summed E-state index contributed by atoms with van der Waals surface area (Å²) in [6.45, 7) is 1.89. The fraction of sp³-hybridized carbons (Fsp3) is 0.588. The largest absolute Gasteiger partial charge is 0.482 e. The Kier molecular flexibility index (Phi) is 4.42. The van der Waals surface area contributed by atoms with E-state index in [-0.39, 0.29) is 23.7 Å². The quantitative estimate of drug-likeness (QED) is 0.517. The average molecular weight is 352 g/mol. The van der Waals surface area contributed by atoms with Crippen molar-refractivity contribution in [3.8, 4) is 0 Å². The minimum absolute atomic E-state index is 0.0298. The molecule has 0 unspecified atom stereocenters. The van der Waals surface area contributed by atoms with Gasteiger partial charge in [-0.15, -0.1) is 0 Å².